The van der Waals surface area contributed by atoms with Gasteiger partial charge in [0.1, 0.15) is 5.75 Å². The molecule has 0 fully saturated rings. The van der Waals surface area contributed by atoms with E-state index in [1.54, 1.807) is 36.5 Å². The van der Waals surface area contributed by atoms with Crippen LogP contribution in [0.4, 0.5) is 0 Å². The molecule has 0 atom stereocenters. The van der Waals surface area contributed by atoms with Crippen LogP contribution in [0.25, 0.3) is 0 Å². The number of hydrogen-bond acceptors (Lipinski definition) is 4. The van der Waals surface area contributed by atoms with Crippen LogP contribution in [-0.4, -0.2) is 19.6 Å². The molecule has 6 heteroatoms. The summed E-state index contributed by atoms with van der Waals surface area (Å²) in [4.78, 5) is 3.84. The Morgan fingerprint density at radius 1 is 1.11 bits per heavy atom. The van der Waals surface area contributed by atoms with Crippen molar-refractivity contribution in [3.8, 4) is 5.75 Å². The Morgan fingerprint density at radius 3 is 2.56 bits per heavy atom. The second kappa shape index (κ2) is 5.42. The van der Waals surface area contributed by atoms with Gasteiger partial charge in [-0.25, -0.2) is 0 Å². The number of para-hydroxylation sites is 1. The second-order valence-corrected chi connectivity index (χ2v) is 4.58. The molecule has 1 aromatic carbocycles. The van der Waals surface area contributed by atoms with Gasteiger partial charge < -0.3 is 4.18 Å². The lowest BCUT2D eigenvalue weighted by atomic mass is 10.3. The van der Waals surface area contributed by atoms with Gasteiger partial charge in [0, 0.05) is 18.0 Å². The Balaban J connectivity index is 2.11. The molecule has 18 heavy (non-hydrogen) atoms. The summed E-state index contributed by atoms with van der Waals surface area (Å²) in [6.07, 6.45) is 4.28. The van der Waals surface area contributed by atoms with E-state index in [-0.39, 0.29) is 5.75 Å². The highest BCUT2D eigenvalue weighted by Gasteiger charge is 2.08. The van der Waals surface area contributed by atoms with Crippen LogP contribution >= 0.6 is 0 Å². The molecule has 1 aromatic heterocycles. The van der Waals surface area contributed by atoms with E-state index in [2.05, 4.69) is 9.38 Å². The minimum absolute atomic E-state index is 0.223. The lowest BCUT2D eigenvalue weighted by molar-refractivity contribution is 0.488. The van der Waals surface area contributed by atoms with Crippen LogP contribution in [0.3, 0.4) is 0 Å². The maximum atomic E-state index is 11.5. The predicted molar refractivity (Wildman–Crippen MR) is 67.8 cm³/mol. The maximum absolute atomic E-state index is 11.5. The molecule has 0 aliphatic carbocycles. The molecule has 0 amide bonds. The van der Waals surface area contributed by atoms with Gasteiger partial charge in [-0.05, 0) is 18.2 Å². The SMILES string of the molecule is O=S(=O)(/N=C/c1cccnc1)Oc1ccccc1. The molecule has 0 radical (unpaired) electrons. The highest BCUT2D eigenvalue weighted by Crippen LogP contribution is 2.12. The molecule has 0 spiro atoms. The molecule has 0 saturated heterocycles. The van der Waals surface area contributed by atoms with Crippen molar-refractivity contribution in [1.29, 1.82) is 0 Å². The summed E-state index contributed by atoms with van der Waals surface area (Å²) in [7, 11) is -3.99. The molecule has 0 bridgehead atoms. The fourth-order valence-corrected chi connectivity index (χ4v) is 1.85. The number of rotatable bonds is 4. The molecule has 1 heterocycles. The first-order chi connectivity index (χ1) is 8.66. The minimum Gasteiger partial charge on any atom is -0.366 e. The molecule has 0 aliphatic rings. The van der Waals surface area contributed by atoms with E-state index < -0.39 is 10.3 Å². The highest BCUT2D eigenvalue weighted by molar-refractivity contribution is 7.85. The summed E-state index contributed by atoms with van der Waals surface area (Å²) in [5, 5.41) is 0. The van der Waals surface area contributed by atoms with E-state index in [1.165, 1.54) is 24.5 Å². The van der Waals surface area contributed by atoms with E-state index in [0.717, 1.165) is 0 Å². The van der Waals surface area contributed by atoms with Crippen molar-refractivity contribution in [2.24, 2.45) is 4.40 Å². The van der Waals surface area contributed by atoms with Gasteiger partial charge in [0.05, 0.1) is 6.21 Å². The zero-order valence-electron chi connectivity index (χ0n) is 9.30. The van der Waals surface area contributed by atoms with Crippen molar-refractivity contribution >= 4 is 16.5 Å². The zero-order valence-corrected chi connectivity index (χ0v) is 10.1. The first kappa shape index (κ1) is 12.3. The van der Waals surface area contributed by atoms with Gasteiger partial charge in [0.15, 0.2) is 0 Å². The van der Waals surface area contributed by atoms with Gasteiger partial charge in [-0.1, -0.05) is 24.3 Å². The van der Waals surface area contributed by atoms with Crippen LogP contribution in [0.5, 0.6) is 5.75 Å². The number of aromatic nitrogens is 1. The Labute approximate surface area is 105 Å². The lowest BCUT2D eigenvalue weighted by Crippen LogP contribution is -2.06. The van der Waals surface area contributed by atoms with Crippen molar-refractivity contribution in [3.63, 3.8) is 0 Å². The fourth-order valence-electron chi connectivity index (χ4n) is 1.20. The number of hydrogen-bond donors (Lipinski definition) is 0. The summed E-state index contributed by atoms with van der Waals surface area (Å²) >= 11 is 0. The smallest absolute Gasteiger partial charge is 0.366 e. The molecular weight excluding hydrogens is 252 g/mol. The van der Waals surface area contributed by atoms with Gasteiger partial charge in [0.2, 0.25) is 0 Å². The Bertz CT molecular complexity index is 625. The fraction of sp³-hybridized carbons (Fsp3) is 0. The molecule has 5 nitrogen and oxygen atoms in total. The van der Waals surface area contributed by atoms with Crippen molar-refractivity contribution in [2.75, 3.05) is 0 Å². The van der Waals surface area contributed by atoms with Crippen LogP contribution in [0.1, 0.15) is 5.56 Å². The van der Waals surface area contributed by atoms with Gasteiger partial charge in [0.25, 0.3) is 0 Å². The standard InChI is InChI=1S/C12H10N2O3S/c15-18(16,17-12-6-2-1-3-7-12)14-10-11-5-4-8-13-9-11/h1-10H/b14-10+. The number of benzene rings is 1. The minimum atomic E-state index is -3.99. The second-order valence-electron chi connectivity index (χ2n) is 3.34. The summed E-state index contributed by atoms with van der Waals surface area (Å²) in [6, 6.07) is 11.6. The summed E-state index contributed by atoms with van der Waals surface area (Å²) in [5.41, 5.74) is 0.581. The van der Waals surface area contributed by atoms with Crippen LogP contribution in [0.15, 0.2) is 59.3 Å². The Morgan fingerprint density at radius 2 is 1.89 bits per heavy atom. The van der Waals surface area contributed by atoms with Crippen molar-refractivity contribution in [1.82, 2.24) is 4.98 Å². The average Bonchev–Trinajstić information content (AvgIpc) is 2.38. The van der Waals surface area contributed by atoms with Gasteiger partial charge in [-0.3, -0.25) is 4.98 Å². The van der Waals surface area contributed by atoms with E-state index in [4.69, 9.17) is 4.18 Å². The van der Waals surface area contributed by atoms with E-state index in [9.17, 15) is 8.42 Å². The predicted octanol–water partition coefficient (Wildman–Crippen LogP) is 1.82. The third-order valence-electron chi connectivity index (χ3n) is 1.96. The highest BCUT2D eigenvalue weighted by atomic mass is 32.2. The molecule has 2 rings (SSSR count). The van der Waals surface area contributed by atoms with Crippen molar-refractivity contribution in [3.05, 3.63) is 60.4 Å². The zero-order chi connectivity index (χ0) is 12.8. The molecular formula is C12H10N2O3S. The first-order valence-electron chi connectivity index (χ1n) is 5.10. The molecule has 0 N–H and O–H groups in total. The summed E-state index contributed by atoms with van der Waals surface area (Å²) in [6.45, 7) is 0. The van der Waals surface area contributed by atoms with Crippen LogP contribution < -0.4 is 4.18 Å². The Hall–Kier alpha value is -2.21. The van der Waals surface area contributed by atoms with E-state index in [0.29, 0.717) is 5.56 Å². The first-order valence-corrected chi connectivity index (χ1v) is 6.47. The Kier molecular flexibility index (Phi) is 3.69. The number of pyridine rings is 1. The quantitative estimate of drug-likeness (QED) is 0.788. The van der Waals surface area contributed by atoms with Gasteiger partial charge in [-0.2, -0.15) is 8.42 Å². The molecule has 0 saturated carbocycles. The van der Waals surface area contributed by atoms with E-state index >= 15 is 0 Å². The maximum Gasteiger partial charge on any atom is 0.428 e. The largest absolute Gasteiger partial charge is 0.428 e. The monoisotopic (exact) mass is 262 g/mol. The summed E-state index contributed by atoms with van der Waals surface area (Å²) < 4.78 is 31.2. The van der Waals surface area contributed by atoms with Crippen LogP contribution in [-0.2, 0) is 10.3 Å². The van der Waals surface area contributed by atoms with Crippen molar-refractivity contribution < 1.29 is 12.6 Å². The van der Waals surface area contributed by atoms with Crippen LogP contribution in [0.2, 0.25) is 0 Å². The molecule has 92 valence electrons. The number of nitrogens with zero attached hydrogens (tertiary/aromatic N) is 2. The average molecular weight is 262 g/mol. The molecule has 2 aromatic rings. The third kappa shape index (κ3) is 3.67. The van der Waals surface area contributed by atoms with Crippen LogP contribution in [0, 0.1) is 0 Å². The lowest BCUT2D eigenvalue weighted by Gasteiger charge is -2.01. The van der Waals surface area contributed by atoms with Gasteiger partial charge >= 0.3 is 10.3 Å². The summed E-state index contributed by atoms with van der Waals surface area (Å²) in [5.74, 6) is 0.223. The van der Waals surface area contributed by atoms with E-state index in [1.807, 2.05) is 0 Å². The molecule has 0 unspecified atom stereocenters. The molecule has 0 aliphatic heterocycles. The normalized spacial score (nSPS) is 11.6. The third-order valence-corrected chi connectivity index (χ3v) is 2.73. The van der Waals surface area contributed by atoms with Gasteiger partial charge in [-0.15, -0.1) is 4.40 Å². The van der Waals surface area contributed by atoms with Crippen molar-refractivity contribution in [2.45, 2.75) is 0 Å². The topological polar surface area (TPSA) is 68.6 Å².